The predicted molar refractivity (Wildman–Crippen MR) is 81.9 cm³/mol. The fourth-order valence-corrected chi connectivity index (χ4v) is 4.42. The monoisotopic (exact) mass is 285 g/mol. The van der Waals surface area contributed by atoms with Gasteiger partial charge in [0.05, 0.1) is 0 Å². The van der Waals surface area contributed by atoms with Gasteiger partial charge in [0.15, 0.2) is 0 Å². The van der Waals surface area contributed by atoms with Crippen molar-refractivity contribution in [3.63, 3.8) is 0 Å². The molecule has 0 spiro atoms. The minimum absolute atomic E-state index is 0.235. The van der Waals surface area contributed by atoms with Gasteiger partial charge in [-0.05, 0) is 67.4 Å². The normalized spacial score (nSPS) is 31.0. The molecule has 3 nitrogen and oxygen atoms in total. The highest BCUT2D eigenvalue weighted by molar-refractivity contribution is 5.66. The minimum Gasteiger partial charge on any atom is -0.481 e. The maximum atomic E-state index is 10.5. The predicted octanol–water partition coefficient (Wildman–Crippen LogP) is 4.02. The second-order valence-corrected chi connectivity index (χ2v) is 6.45. The molecule has 3 rings (SSSR count). The molecule has 2 bridgehead atoms. The third kappa shape index (κ3) is 3.17. The van der Waals surface area contributed by atoms with Crippen molar-refractivity contribution in [3.8, 4) is 0 Å². The lowest BCUT2D eigenvalue weighted by Crippen LogP contribution is -2.20. The van der Waals surface area contributed by atoms with Crippen LogP contribution in [0.3, 0.4) is 0 Å². The number of carboxylic acids is 1. The number of fused-ring (bicyclic) bond motifs is 2. The molecule has 0 radical (unpaired) electrons. The quantitative estimate of drug-likeness (QED) is 0.803. The highest BCUT2D eigenvalue weighted by atomic mass is 16.4. The summed E-state index contributed by atoms with van der Waals surface area (Å²) < 4.78 is 0. The summed E-state index contributed by atoms with van der Waals surface area (Å²) in [4.78, 5) is 14.8. The summed E-state index contributed by atoms with van der Waals surface area (Å²) in [5.41, 5.74) is 1.40. The number of pyridine rings is 1. The number of rotatable bonds is 6. The number of hydrogen-bond acceptors (Lipinski definition) is 2. The first kappa shape index (κ1) is 14.3. The maximum Gasteiger partial charge on any atom is 0.303 e. The summed E-state index contributed by atoms with van der Waals surface area (Å²) in [6.45, 7) is 0. The molecule has 0 unspecified atom stereocenters. The molecule has 21 heavy (non-hydrogen) atoms. The first-order chi connectivity index (χ1) is 10.3. The van der Waals surface area contributed by atoms with Crippen LogP contribution in [0.1, 0.15) is 50.0 Å². The van der Waals surface area contributed by atoms with Crippen LogP contribution in [0.4, 0.5) is 0 Å². The molecule has 1 N–H and O–H groups in total. The highest BCUT2D eigenvalue weighted by Crippen LogP contribution is 2.57. The van der Waals surface area contributed by atoms with Gasteiger partial charge in [0.25, 0.3) is 0 Å². The van der Waals surface area contributed by atoms with E-state index in [1.807, 2.05) is 24.5 Å². The van der Waals surface area contributed by atoms with Crippen molar-refractivity contribution in [3.05, 3.63) is 42.2 Å². The smallest absolute Gasteiger partial charge is 0.303 e. The topological polar surface area (TPSA) is 50.2 Å². The molecule has 0 amide bonds. The van der Waals surface area contributed by atoms with Crippen LogP contribution in [-0.2, 0) is 4.79 Å². The fraction of sp³-hybridized carbons (Fsp3) is 0.556. The summed E-state index contributed by atoms with van der Waals surface area (Å²) in [5.74, 6) is 2.34. The molecule has 1 aromatic heterocycles. The second-order valence-electron chi connectivity index (χ2n) is 6.45. The molecule has 112 valence electrons. The van der Waals surface area contributed by atoms with Gasteiger partial charge in [-0.25, -0.2) is 0 Å². The van der Waals surface area contributed by atoms with E-state index in [4.69, 9.17) is 5.11 Å². The van der Waals surface area contributed by atoms with E-state index < -0.39 is 5.97 Å². The Morgan fingerprint density at radius 1 is 1.33 bits per heavy atom. The average molecular weight is 285 g/mol. The Morgan fingerprint density at radius 3 is 2.95 bits per heavy atom. The van der Waals surface area contributed by atoms with E-state index in [1.165, 1.54) is 24.8 Å². The molecule has 2 saturated carbocycles. The van der Waals surface area contributed by atoms with Crippen molar-refractivity contribution in [1.82, 2.24) is 4.98 Å². The zero-order chi connectivity index (χ0) is 14.7. The van der Waals surface area contributed by atoms with E-state index in [9.17, 15) is 4.79 Å². The molecule has 0 aromatic carbocycles. The van der Waals surface area contributed by atoms with Gasteiger partial charge >= 0.3 is 5.97 Å². The van der Waals surface area contributed by atoms with Crippen LogP contribution < -0.4 is 0 Å². The molecule has 1 aromatic rings. The number of nitrogens with zero attached hydrogens (tertiary/aromatic N) is 1. The lowest BCUT2D eigenvalue weighted by atomic mass is 9.74. The van der Waals surface area contributed by atoms with Crippen molar-refractivity contribution in [2.45, 2.75) is 44.4 Å². The second kappa shape index (κ2) is 6.42. The van der Waals surface area contributed by atoms with Crippen LogP contribution in [0.15, 0.2) is 36.7 Å². The first-order valence-corrected chi connectivity index (χ1v) is 8.02. The molecular formula is C18H23NO2. The van der Waals surface area contributed by atoms with Crippen molar-refractivity contribution in [1.29, 1.82) is 0 Å². The standard InChI is InChI=1S/C18H23NO2/c20-17(21)7-3-1-2-6-16-13-8-9-14(11-13)18(16)15-5-4-10-19-12-15/h1-2,4-5,10,12-14,16,18H,3,6-9,11H2,(H,20,21)/b2-1-/t13-,14+,16+,18-/m0/s1. The number of carboxylic acid groups (broad SMARTS) is 1. The zero-order valence-electron chi connectivity index (χ0n) is 12.3. The Labute approximate surface area is 126 Å². The van der Waals surface area contributed by atoms with E-state index >= 15 is 0 Å². The molecule has 2 aliphatic rings. The Balaban J connectivity index is 1.64. The van der Waals surface area contributed by atoms with Crippen LogP contribution in [0.5, 0.6) is 0 Å². The van der Waals surface area contributed by atoms with Crippen molar-refractivity contribution in [2.75, 3.05) is 0 Å². The minimum atomic E-state index is -0.715. The van der Waals surface area contributed by atoms with Gasteiger partial charge in [-0.3, -0.25) is 9.78 Å². The number of aromatic nitrogens is 1. The molecular weight excluding hydrogens is 262 g/mol. The molecule has 1 heterocycles. The van der Waals surface area contributed by atoms with E-state index in [0.29, 0.717) is 18.3 Å². The fourth-order valence-electron chi connectivity index (χ4n) is 4.42. The number of carbonyl (C=O) groups is 1. The van der Waals surface area contributed by atoms with Crippen LogP contribution in [0, 0.1) is 17.8 Å². The molecule has 2 aliphatic carbocycles. The summed E-state index contributed by atoms with van der Waals surface area (Å²) in [7, 11) is 0. The van der Waals surface area contributed by atoms with Gasteiger partial charge in [-0.15, -0.1) is 0 Å². The van der Waals surface area contributed by atoms with Gasteiger partial charge in [-0.1, -0.05) is 18.2 Å². The van der Waals surface area contributed by atoms with Gasteiger partial charge in [0.1, 0.15) is 0 Å². The Kier molecular flexibility index (Phi) is 4.37. The number of aliphatic carboxylic acids is 1. The van der Waals surface area contributed by atoms with Crippen molar-refractivity contribution >= 4 is 5.97 Å². The van der Waals surface area contributed by atoms with Crippen LogP contribution in [0.25, 0.3) is 0 Å². The summed E-state index contributed by atoms with van der Waals surface area (Å²) in [6, 6.07) is 4.26. The van der Waals surface area contributed by atoms with Crippen molar-refractivity contribution < 1.29 is 9.90 Å². The Bertz CT molecular complexity index is 511. The summed E-state index contributed by atoms with van der Waals surface area (Å²) >= 11 is 0. The van der Waals surface area contributed by atoms with E-state index in [2.05, 4.69) is 17.1 Å². The average Bonchev–Trinajstić information content (AvgIpc) is 3.08. The highest BCUT2D eigenvalue weighted by Gasteiger charge is 2.47. The zero-order valence-corrected chi connectivity index (χ0v) is 12.3. The van der Waals surface area contributed by atoms with Crippen molar-refractivity contribution in [2.24, 2.45) is 17.8 Å². The molecule has 0 saturated heterocycles. The molecule has 3 heteroatoms. The van der Waals surface area contributed by atoms with Gasteiger partial charge in [0, 0.05) is 18.8 Å². The van der Waals surface area contributed by atoms with E-state index in [-0.39, 0.29) is 6.42 Å². The lowest BCUT2D eigenvalue weighted by Gasteiger charge is -2.30. The van der Waals surface area contributed by atoms with Crippen LogP contribution in [-0.4, -0.2) is 16.1 Å². The lowest BCUT2D eigenvalue weighted by molar-refractivity contribution is -0.136. The van der Waals surface area contributed by atoms with Crippen LogP contribution >= 0.6 is 0 Å². The SMILES string of the molecule is O=C(O)CC/C=C\C[C@@H]1[C@H]2CC[C@H](C2)[C@H]1c1cccnc1. The third-order valence-corrected chi connectivity index (χ3v) is 5.26. The first-order valence-electron chi connectivity index (χ1n) is 8.02. The third-order valence-electron chi connectivity index (χ3n) is 5.26. The summed E-state index contributed by atoms with van der Waals surface area (Å²) in [5, 5.41) is 8.66. The van der Waals surface area contributed by atoms with E-state index in [1.54, 1.807) is 0 Å². The van der Waals surface area contributed by atoms with Gasteiger partial charge < -0.3 is 5.11 Å². The Hall–Kier alpha value is -1.64. The number of hydrogen-bond donors (Lipinski definition) is 1. The maximum absolute atomic E-state index is 10.5. The Morgan fingerprint density at radius 2 is 2.19 bits per heavy atom. The van der Waals surface area contributed by atoms with Gasteiger partial charge in [-0.2, -0.15) is 0 Å². The van der Waals surface area contributed by atoms with Gasteiger partial charge in [0.2, 0.25) is 0 Å². The molecule has 0 aliphatic heterocycles. The van der Waals surface area contributed by atoms with E-state index in [0.717, 1.165) is 18.3 Å². The summed E-state index contributed by atoms with van der Waals surface area (Å²) in [6.07, 6.45) is 14.2. The largest absolute Gasteiger partial charge is 0.481 e. The number of allylic oxidation sites excluding steroid dienone is 2. The van der Waals surface area contributed by atoms with Crippen LogP contribution in [0.2, 0.25) is 0 Å². The molecule has 2 fully saturated rings. The molecule has 4 atom stereocenters.